The standard InChI is InChI=1S/C64H45N5O.Pt/c1-64(2,3)45-37-38-65-61(39-45)69-56-31-16-13-25-51(56)53-35-33-47(40-59(53)69)70-48-34-36-57-60(41-48)67-42-66(62-49(43-19-7-4-8-20-43)27-17-28-50(62)44-21-9-5-10-22-44)58-32-18-29-54(63(58)67)52-26-14-15-30-55(52)68(57)46-23-11-6-12-24-46;/h4-39H,1-3H3;/q-2;/i13D,16D,25D,31D;. The predicted octanol–water partition coefficient (Wildman–Crippen LogP) is 16.1. The maximum atomic E-state index is 9.19. The van der Waals surface area contributed by atoms with E-state index in [-0.39, 0.29) is 29.6 Å². The molecule has 0 saturated heterocycles. The number of aromatic nitrogens is 5. The van der Waals surface area contributed by atoms with Crippen molar-refractivity contribution in [2.75, 3.05) is 0 Å². The van der Waals surface area contributed by atoms with Gasteiger partial charge in [-0.25, -0.2) is 0 Å². The fourth-order valence-electron chi connectivity index (χ4n) is 10.1. The minimum Gasteiger partial charge on any atom is -0.0561 e. The van der Waals surface area contributed by atoms with E-state index >= 15 is 0 Å². The zero-order chi connectivity index (χ0) is 51.3. The van der Waals surface area contributed by atoms with Crippen molar-refractivity contribution in [1.82, 2.24) is 23.1 Å². The van der Waals surface area contributed by atoms with Crippen molar-refractivity contribution in [3.8, 4) is 50.9 Å². The number of benzene rings is 9. The SMILES string of the molecule is [2H]c1c([2H])c([2H])c2c(c1[2H])c1ccc(Oc3[c-]c4c(cc3)n(-c3ccccc3)c3ccccc3c3cccc5c3n4[c](=[Pt])n5-c3c(-c4ccccc4)cccc3-c3ccccc3)[c-]c1n2-c1cc(C(C)(C)C)ccn1. The molecule has 13 aromatic rings. The summed E-state index contributed by atoms with van der Waals surface area (Å²) in [6, 6.07) is 71.4. The van der Waals surface area contributed by atoms with Gasteiger partial charge in [-0.3, -0.25) is 0 Å². The van der Waals surface area contributed by atoms with Gasteiger partial charge in [0.05, 0.1) is 5.48 Å². The molecule has 71 heavy (non-hydrogen) atoms. The Morgan fingerprint density at radius 3 is 1.87 bits per heavy atom. The van der Waals surface area contributed by atoms with Gasteiger partial charge in [-0.15, -0.1) is 0 Å². The topological polar surface area (TPSA) is 41.3 Å². The molecule has 6 nitrogen and oxygen atoms in total. The summed E-state index contributed by atoms with van der Waals surface area (Å²) in [4.78, 5) is 4.79. The van der Waals surface area contributed by atoms with Gasteiger partial charge in [0.2, 0.25) is 0 Å². The van der Waals surface area contributed by atoms with E-state index in [0.717, 1.165) is 81.4 Å². The van der Waals surface area contributed by atoms with Crippen LogP contribution in [0.4, 0.5) is 0 Å². The van der Waals surface area contributed by atoms with Crippen molar-refractivity contribution in [1.29, 1.82) is 0 Å². The first-order valence-electron chi connectivity index (χ1n) is 25.5. The molecule has 0 saturated carbocycles. The quantitative estimate of drug-likeness (QED) is 0.149. The Kier molecular flexibility index (Phi) is 9.21. The second-order valence-electron chi connectivity index (χ2n) is 18.7. The van der Waals surface area contributed by atoms with Crippen LogP contribution >= 0.6 is 0 Å². The van der Waals surface area contributed by atoms with Crippen molar-refractivity contribution in [2.24, 2.45) is 0 Å². The van der Waals surface area contributed by atoms with Gasteiger partial charge in [-0.2, -0.15) is 0 Å². The van der Waals surface area contributed by atoms with E-state index in [1.807, 2.05) is 30.3 Å². The molecule has 7 heteroatoms. The molecule has 0 aliphatic heterocycles. The molecule has 13 rings (SSSR count). The number of hydrogen-bond acceptors (Lipinski definition) is 2. The molecule has 0 N–H and O–H groups in total. The Morgan fingerprint density at radius 1 is 0.521 bits per heavy atom. The molecule has 0 atom stereocenters. The van der Waals surface area contributed by atoms with Crippen molar-refractivity contribution in [3.05, 3.63) is 240 Å². The van der Waals surface area contributed by atoms with Crippen LogP contribution in [0, 0.1) is 15.9 Å². The van der Waals surface area contributed by atoms with Gasteiger partial charge in [0.1, 0.15) is 0 Å². The summed E-state index contributed by atoms with van der Waals surface area (Å²) in [5.41, 5.74) is 12.7. The summed E-state index contributed by atoms with van der Waals surface area (Å²) in [6.07, 6.45) is 1.74. The number of fused-ring (bicyclic) bond motifs is 7. The molecule has 0 fully saturated rings. The normalized spacial score (nSPS) is 12.7. The fraction of sp³-hybridized carbons (Fsp3) is 0.0625. The molecule has 0 radical (unpaired) electrons. The third kappa shape index (κ3) is 7.12. The number of imidazole rings is 1. The van der Waals surface area contributed by atoms with Crippen molar-refractivity contribution in [3.63, 3.8) is 0 Å². The number of nitrogens with zero attached hydrogens (tertiary/aromatic N) is 5. The molecule has 0 unspecified atom stereocenters. The van der Waals surface area contributed by atoms with Crippen LogP contribution in [0.5, 0.6) is 11.5 Å². The number of rotatable bonds is 7. The van der Waals surface area contributed by atoms with Gasteiger partial charge < -0.3 is 0 Å². The van der Waals surface area contributed by atoms with Crippen LogP contribution in [0.2, 0.25) is 0 Å². The molecule has 344 valence electrons. The number of ether oxygens (including phenoxy) is 1. The molecule has 0 aliphatic rings. The smallest absolute Gasteiger partial charge is 0.0561 e. The zero-order valence-electron chi connectivity index (χ0n) is 42.9. The first-order chi connectivity index (χ1) is 36.5. The van der Waals surface area contributed by atoms with E-state index in [0.29, 0.717) is 39.1 Å². The molecule has 0 amide bonds. The average Bonchev–Trinajstić information content (AvgIpc) is 3.99. The average molecular weight is 1100 g/mol. The van der Waals surface area contributed by atoms with Crippen LogP contribution in [-0.2, 0) is 24.8 Å². The number of hydrogen-bond donors (Lipinski definition) is 0. The van der Waals surface area contributed by atoms with E-state index in [1.54, 1.807) is 16.8 Å². The molecule has 4 aromatic heterocycles. The first-order valence-corrected chi connectivity index (χ1v) is 24.7. The van der Waals surface area contributed by atoms with Crippen LogP contribution in [0.15, 0.2) is 218 Å². The summed E-state index contributed by atoms with van der Waals surface area (Å²) in [5, 5.41) is 3.11. The Morgan fingerprint density at radius 2 is 1.14 bits per heavy atom. The Hall–Kier alpha value is -8.31. The van der Waals surface area contributed by atoms with Gasteiger partial charge in [0.15, 0.2) is 0 Å². The minimum absolute atomic E-state index is 0.129. The van der Waals surface area contributed by atoms with Crippen LogP contribution < -0.4 is 4.74 Å². The monoisotopic (exact) mass is 1100 g/mol. The minimum atomic E-state index is -0.320. The van der Waals surface area contributed by atoms with Gasteiger partial charge in [0, 0.05) is 6.20 Å². The molecule has 0 aliphatic carbocycles. The Labute approximate surface area is 427 Å². The van der Waals surface area contributed by atoms with Crippen molar-refractivity contribution >= 4 is 60.2 Å². The van der Waals surface area contributed by atoms with Gasteiger partial charge >= 0.3 is 368 Å². The summed E-state index contributed by atoms with van der Waals surface area (Å²) < 4.78 is 52.3. The summed E-state index contributed by atoms with van der Waals surface area (Å²) in [6.45, 7) is 6.38. The molecule has 0 bridgehead atoms. The maximum absolute atomic E-state index is 9.19. The number of para-hydroxylation sites is 5. The van der Waals surface area contributed by atoms with Crippen LogP contribution in [0.25, 0.3) is 99.6 Å². The Bertz CT molecular complexity index is 4500. The van der Waals surface area contributed by atoms with Gasteiger partial charge in [-0.1, -0.05) is 32.9 Å². The van der Waals surface area contributed by atoms with E-state index in [1.165, 1.54) is 0 Å². The van der Waals surface area contributed by atoms with Crippen LogP contribution in [-0.4, -0.2) is 23.1 Å². The first kappa shape index (κ1) is 38.5. The predicted molar refractivity (Wildman–Crippen MR) is 287 cm³/mol. The summed E-state index contributed by atoms with van der Waals surface area (Å²) >= 11 is 2.49. The van der Waals surface area contributed by atoms with E-state index in [4.69, 9.17) is 13.8 Å². The van der Waals surface area contributed by atoms with Gasteiger partial charge in [0.25, 0.3) is 0 Å². The zero-order valence-corrected chi connectivity index (χ0v) is 41.2. The molecular weight excluding hydrogens is 1050 g/mol. The van der Waals surface area contributed by atoms with E-state index in [2.05, 4.69) is 217 Å². The second-order valence-corrected chi connectivity index (χ2v) is 19.7. The third-order valence-corrected chi connectivity index (χ3v) is 14.4. The van der Waals surface area contributed by atoms with Crippen LogP contribution in [0.1, 0.15) is 31.8 Å². The molecule has 9 aromatic carbocycles. The fourth-order valence-corrected chi connectivity index (χ4v) is 11.2. The van der Waals surface area contributed by atoms with Crippen LogP contribution in [0.3, 0.4) is 0 Å². The van der Waals surface area contributed by atoms with E-state index < -0.39 is 0 Å². The third-order valence-electron chi connectivity index (χ3n) is 13.4. The summed E-state index contributed by atoms with van der Waals surface area (Å²) in [7, 11) is 0. The molecular formula is C64H45N5OPt-2. The van der Waals surface area contributed by atoms with Gasteiger partial charge in [-0.05, 0) is 17.0 Å². The Balaban J connectivity index is 1.12. The molecule has 0 spiro atoms. The second kappa shape index (κ2) is 17.0. The van der Waals surface area contributed by atoms with Crippen molar-refractivity contribution < 1.29 is 29.6 Å². The number of pyridine rings is 1. The molecule has 4 heterocycles. The van der Waals surface area contributed by atoms with E-state index in [9.17, 15) is 1.37 Å². The van der Waals surface area contributed by atoms with Crippen molar-refractivity contribution in [2.45, 2.75) is 26.2 Å². The summed E-state index contributed by atoms with van der Waals surface area (Å²) in [5.74, 6) is 1.31.